The van der Waals surface area contributed by atoms with Crippen LogP contribution in [0.4, 0.5) is 5.69 Å². The van der Waals surface area contributed by atoms with E-state index in [1.165, 1.54) is 32.1 Å². The Morgan fingerprint density at radius 1 is 1.31 bits per heavy atom. The predicted molar refractivity (Wildman–Crippen MR) is 112 cm³/mol. The summed E-state index contributed by atoms with van der Waals surface area (Å²) in [5, 5.41) is 14.8. The van der Waals surface area contributed by atoms with Crippen LogP contribution in [0.1, 0.15) is 50.8 Å². The maximum absolute atomic E-state index is 13.0. The largest absolute Gasteiger partial charge is 0.494 e. The Morgan fingerprint density at radius 3 is 2.69 bits per heavy atom. The van der Waals surface area contributed by atoms with E-state index in [0.29, 0.717) is 23.7 Å². The molecule has 4 saturated carbocycles. The Kier molecular flexibility index (Phi) is 4.46. The van der Waals surface area contributed by atoms with Crippen LogP contribution < -0.4 is 10.1 Å². The van der Waals surface area contributed by atoms with Gasteiger partial charge in [0.05, 0.1) is 7.11 Å². The minimum Gasteiger partial charge on any atom is -0.494 e. The zero-order chi connectivity index (χ0) is 20.2. The van der Waals surface area contributed by atoms with Gasteiger partial charge in [-0.15, -0.1) is 5.10 Å². The molecule has 1 amide bonds. The molecule has 154 valence electrons. The monoisotopic (exact) mass is 459 g/mol. The van der Waals surface area contributed by atoms with Gasteiger partial charge in [-0.1, -0.05) is 15.9 Å². The number of aryl methyl sites for hydroxylation is 1. The number of carbonyl (C=O) groups is 1. The molecule has 4 bridgehead atoms. The number of alkyl halides is 1. The van der Waals surface area contributed by atoms with E-state index in [0.717, 1.165) is 23.9 Å². The first-order valence-corrected chi connectivity index (χ1v) is 11.1. The lowest BCUT2D eigenvalue weighted by Gasteiger charge is -2.60. The van der Waals surface area contributed by atoms with Crippen LogP contribution in [-0.4, -0.2) is 37.5 Å². The Balaban J connectivity index is 1.35. The van der Waals surface area contributed by atoms with E-state index in [2.05, 4.69) is 36.8 Å². The third kappa shape index (κ3) is 3.45. The van der Waals surface area contributed by atoms with Crippen LogP contribution in [0.25, 0.3) is 5.69 Å². The third-order valence-electron chi connectivity index (χ3n) is 6.96. The molecule has 29 heavy (non-hydrogen) atoms. The number of benzene rings is 1. The van der Waals surface area contributed by atoms with Crippen LogP contribution in [0.15, 0.2) is 18.2 Å². The molecule has 4 aliphatic rings. The number of tetrazole rings is 1. The predicted octanol–water partition coefficient (Wildman–Crippen LogP) is 4.04. The second kappa shape index (κ2) is 6.79. The Hall–Kier alpha value is -1.96. The number of aromatic nitrogens is 4. The molecule has 1 heterocycles. The second-order valence-corrected chi connectivity index (χ2v) is 11.0. The van der Waals surface area contributed by atoms with Gasteiger partial charge in [-0.05, 0) is 91.3 Å². The highest BCUT2D eigenvalue weighted by atomic mass is 79.9. The van der Waals surface area contributed by atoms with Gasteiger partial charge in [0.1, 0.15) is 11.4 Å². The molecular weight excluding hydrogens is 434 g/mol. The van der Waals surface area contributed by atoms with Crippen molar-refractivity contribution in [2.75, 3.05) is 12.4 Å². The van der Waals surface area contributed by atoms with Gasteiger partial charge in [0.15, 0.2) is 5.82 Å². The van der Waals surface area contributed by atoms with Crippen molar-refractivity contribution in [3.05, 3.63) is 24.0 Å². The number of hydrogen-bond donors (Lipinski definition) is 1. The van der Waals surface area contributed by atoms with E-state index >= 15 is 0 Å². The minimum atomic E-state index is 0.0904. The summed E-state index contributed by atoms with van der Waals surface area (Å²) in [6, 6.07) is 5.57. The Bertz CT molecular complexity index is 944. The second-order valence-electron chi connectivity index (χ2n) is 9.36. The van der Waals surface area contributed by atoms with E-state index in [1.807, 2.05) is 25.1 Å². The fraction of sp³-hybridized carbons (Fsp3) is 0.619. The van der Waals surface area contributed by atoms with Crippen molar-refractivity contribution in [3.8, 4) is 11.4 Å². The molecule has 2 unspecified atom stereocenters. The quantitative estimate of drug-likeness (QED) is 0.682. The molecule has 8 heteroatoms. The number of methoxy groups -OCH3 is 1. The number of halogens is 1. The zero-order valence-electron chi connectivity index (χ0n) is 16.8. The van der Waals surface area contributed by atoms with Gasteiger partial charge in [-0.2, -0.15) is 4.68 Å². The summed E-state index contributed by atoms with van der Waals surface area (Å²) in [5.74, 6) is 2.95. The topological polar surface area (TPSA) is 81.9 Å². The highest BCUT2D eigenvalue weighted by Gasteiger charge is 2.57. The summed E-state index contributed by atoms with van der Waals surface area (Å²) < 4.78 is 7.33. The van der Waals surface area contributed by atoms with Crippen LogP contribution in [0.2, 0.25) is 0 Å². The van der Waals surface area contributed by atoms with Gasteiger partial charge in [0.25, 0.3) is 0 Å². The van der Waals surface area contributed by atoms with Crippen molar-refractivity contribution >= 4 is 27.5 Å². The molecular formula is C21H26BrN5O2. The molecule has 7 nitrogen and oxygen atoms in total. The lowest BCUT2D eigenvalue weighted by Crippen LogP contribution is -2.53. The number of anilines is 1. The minimum absolute atomic E-state index is 0.0904. The van der Waals surface area contributed by atoms with Crippen molar-refractivity contribution in [3.63, 3.8) is 0 Å². The highest BCUT2D eigenvalue weighted by Crippen LogP contribution is 2.65. The first-order chi connectivity index (χ1) is 13.9. The molecule has 0 saturated heterocycles. The Labute approximate surface area is 178 Å². The molecule has 1 N–H and O–H groups in total. The van der Waals surface area contributed by atoms with E-state index in [1.54, 1.807) is 11.8 Å². The molecule has 1 aromatic heterocycles. The first-order valence-electron chi connectivity index (χ1n) is 10.3. The fourth-order valence-electron chi connectivity index (χ4n) is 6.48. The third-order valence-corrected chi connectivity index (χ3v) is 7.89. The van der Waals surface area contributed by atoms with Gasteiger partial charge in [-0.3, -0.25) is 4.79 Å². The van der Waals surface area contributed by atoms with E-state index < -0.39 is 0 Å². The molecule has 2 aromatic rings. The summed E-state index contributed by atoms with van der Waals surface area (Å²) in [6.45, 7) is 1.83. The van der Waals surface area contributed by atoms with Crippen molar-refractivity contribution in [1.29, 1.82) is 0 Å². The molecule has 4 fully saturated rings. The van der Waals surface area contributed by atoms with Gasteiger partial charge < -0.3 is 10.1 Å². The van der Waals surface area contributed by atoms with Gasteiger partial charge in [0, 0.05) is 16.4 Å². The summed E-state index contributed by atoms with van der Waals surface area (Å²) in [4.78, 5) is 13.0. The number of ether oxygens (including phenoxy) is 1. The maximum Gasteiger partial charge on any atom is 0.224 e. The molecule has 6 rings (SSSR count). The SMILES string of the molecule is COc1ccc(NC(=O)CC23CC4CC(CC(Br)(C4)C2)C3)cc1-n1nnnc1C. The molecule has 1 aromatic carbocycles. The average molecular weight is 460 g/mol. The zero-order valence-corrected chi connectivity index (χ0v) is 18.4. The number of amides is 1. The van der Waals surface area contributed by atoms with Crippen molar-refractivity contribution in [1.82, 2.24) is 20.2 Å². The standard InChI is InChI=1S/C21H26BrN5O2/c1-13-24-25-26-27(13)17-6-16(3-4-18(17)29-2)23-19(28)11-20-7-14-5-15(8-20)10-21(22,9-14)12-20/h3-4,6,14-15H,5,7-12H2,1-2H3,(H,23,28). The summed E-state index contributed by atoms with van der Waals surface area (Å²) in [6.07, 6.45) is 8.02. The molecule has 4 aliphatic carbocycles. The number of hydrogen-bond acceptors (Lipinski definition) is 5. The smallest absolute Gasteiger partial charge is 0.224 e. The van der Waals surface area contributed by atoms with Crippen LogP contribution in [0.3, 0.4) is 0 Å². The normalized spacial score (nSPS) is 32.4. The van der Waals surface area contributed by atoms with Gasteiger partial charge in [0.2, 0.25) is 5.91 Å². The number of nitrogens with zero attached hydrogens (tertiary/aromatic N) is 4. The summed E-state index contributed by atoms with van der Waals surface area (Å²) >= 11 is 4.04. The molecule has 0 aliphatic heterocycles. The van der Waals surface area contributed by atoms with E-state index in [-0.39, 0.29) is 15.6 Å². The summed E-state index contributed by atoms with van der Waals surface area (Å²) in [5.41, 5.74) is 1.60. The number of nitrogens with one attached hydrogen (secondary N) is 1. The maximum atomic E-state index is 13.0. The Morgan fingerprint density at radius 2 is 2.07 bits per heavy atom. The van der Waals surface area contributed by atoms with E-state index in [9.17, 15) is 4.79 Å². The van der Waals surface area contributed by atoms with Crippen LogP contribution >= 0.6 is 15.9 Å². The lowest BCUT2D eigenvalue weighted by molar-refractivity contribution is -0.123. The molecule has 2 atom stereocenters. The first kappa shape index (κ1) is 19.0. The van der Waals surface area contributed by atoms with Crippen LogP contribution in [0, 0.1) is 24.2 Å². The van der Waals surface area contributed by atoms with Crippen LogP contribution in [-0.2, 0) is 4.79 Å². The average Bonchev–Trinajstić information content (AvgIpc) is 3.04. The van der Waals surface area contributed by atoms with Crippen molar-refractivity contribution in [2.45, 2.75) is 56.2 Å². The summed E-state index contributed by atoms with van der Waals surface area (Å²) in [7, 11) is 1.61. The van der Waals surface area contributed by atoms with Gasteiger partial charge in [-0.25, -0.2) is 0 Å². The van der Waals surface area contributed by atoms with E-state index in [4.69, 9.17) is 4.74 Å². The lowest BCUT2D eigenvalue weighted by atomic mass is 9.48. The number of carbonyl (C=O) groups excluding carboxylic acids is 1. The van der Waals surface area contributed by atoms with Crippen LogP contribution in [0.5, 0.6) is 5.75 Å². The number of rotatable bonds is 5. The highest BCUT2D eigenvalue weighted by molar-refractivity contribution is 9.10. The fourth-order valence-corrected chi connectivity index (χ4v) is 7.99. The van der Waals surface area contributed by atoms with Crippen molar-refractivity contribution < 1.29 is 9.53 Å². The molecule has 0 spiro atoms. The van der Waals surface area contributed by atoms with Crippen molar-refractivity contribution in [2.24, 2.45) is 17.3 Å². The van der Waals surface area contributed by atoms with Gasteiger partial charge >= 0.3 is 0 Å². The molecule has 0 radical (unpaired) electrons.